The van der Waals surface area contributed by atoms with E-state index in [1.807, 2.05) is 37.4 Å². The zero-order chi connectivity index (χ0) is 19.8. The van der Waals surface area contributed by atoms with Gasteiger partial charge < -0.3 is 16.0 Å². The Morgan fingerprint density at radius 1 is 1.32 bits per heavy atom. The Morgan fingerprint density at radius 3 is 2.89 bits per heavy atom. The van der Waals surface area contributed by atoms with Gasteiger partial charge in [-0.05, 0) is 31.4 Å². The van der Waals surface area contributed by atoms with Crippen molar-refractivity contribution in [3.63, 3.8) is 0 Å². The number of fused-ring (bicyclic) bond motifs is 1. The fourth-order valence-corrected chi connectivity index (χ4v) is 4.03. The molecule has 0 spiro atoms. The molecule has 1 atom stereocenters. The topological polar surface area (TPSA) is 110 Å². The van der Waals surface area contributed by atoms with E-state index in [0.29, 0.717) is 21.9 Å². The molecule has 3 heterocycles. The maximum Gasteiger partial charge on any atom is 0.257 e. The molecule has 3 aromatic heterocycles. The molecule has 28 heavy (non-hydrogen) atoms. The SMILES string of the molecule is Cc1csc(-c2cnc(N)nc2N[C@@H](C)c2cc3cccc(Cl)c3c(=O)[nH]2)n1. The number of nitrogens with one attached hydrogen (secondary N) is 2. The second kappa shape index (κ2) is 7.21. The number of nitrogens with zero attached hydrogens (tertiary/aromatic N) is 3. The van der Waals surface area contributed by atoms with E-state index in [1.54, 1.807) is 12.3 Å². The van der Waals surface area contributed by atoms with Gasteiger partial charge in [0.05, 0.1) is 22.0 Å². The first-order chi connectivity index (χ1) is 13.4. The van der Waals surface area contributed by atoms with Crippen LogP contribution in [0.1, 0.15) is 24.4 Å². The predicted octanol–water partition coefficient (Wildman–Crippen LogP) is 4.16. The van der Waals surface area contributed by atoms with Crippen molar-refractivity contribution in [2.75, 3.05) is 11.1 Å². The molecule has 4 N–H and O–H groups in total. The van der Waals surface area contributed by atoms with E-state index in [-0.39, 0.29) is 17.5 Å². The molecule has 0 bridgehead atoms. The Bertz CT molecular complexity index is 1230. The third-order valence-electron chi connectivity index (χ3n) is 4.32. The Balaban J connectivity index is 1.73. The van der Waals surface area contributed by atoms with Crippen molar-refractivity contribution in [3.8, 4) is 10.6 Å². The summed E-state index contributed by atoms with van der Waals surface area (Å²) in [5.41, 5.74) is 7.94. The van der Waals surface area contributed by atoms with Crippen molar-refractivity contribution in [2.24, 2.45) is 0 Å². The highest BCUT2D eigenvalue weighted by Gasteiger charge is 2.16. The highest BCUT2D eigenvalue weighted by atomic mass is 35.5. The fraction of sp³-hybridized carbons (Fsp3) is 0.158. The molecular formula is C19H17ClN6OS. The van der Waals surface area contributed by atoms with Gasteiger partial charge in [0, 0.05) is 23.0 Å². The quantitative estimate of drug-likeness (QED) is 0.464. The van der Waals surface area contributed by atoms with Gasteiger partial charge in [-0.1, -0.05) is 23.7 Å². The molecule has 0 aliphatic rings. The van der Waals surface area contributed by atoms with Gasteiger partial charge in [0.1, 0.15) is 10.8 Å². The molecule has 0 fully saturated rings. The lowest BCUT2D eigenvalue weighted by Crippen LogP contribution is -2.17. The smallest absolute Gasteiger partial charge is 0.257 e. The van der Waals surface area contributed by atoms with Crippen molar-refractivity contribution in [3.05, 3.63) is 62.6 Å². The van der Waals surface area contributed by atoms with E-state index < -0.39 is 0 Å². The van der Waals surface area contributed by atoms with Gasteiger partial charge in [-0.3, -0.25) is 4.79 Å². The third-order valence-corrected chi connectivity index (χ3v) is 5.63. The van der Waals surface area contributed by atoms with Crippen molar-refractivity contribution in [1.82, 2.24) is 19.9 Å². The number of hydrogen-bond acceptors (Lipinski definition) is 7. The summed E-state index contributed by atoms with van der Waals surface area (Å²) in [4.78, 5) is 28.3. The molecule has 0 aliphatic carbocycles. The third kappa shape index (κ3) is 3.44. The number of H-pyrrole nitrogens is 1. The maximum atomic E-state index is 12.5. The lowest BCUT2D eigenvalue weighted by atomic mass is 10.1. The number of hydrogen-bond donors (Lipinski definition) is 3. The fourth-order valence-electron chi connectivity index (χ4n) is 2.95. The summed E-state index contributed by atoms with van der Waals surface area (Å²) < 4.78 is 0. The largest absolute Gasteiger partial charge is 0.368 e. The molecule has 0 aliphatic heterocycles. The standard InChI is InChI=1S/C19H17ClN6OS/c1-9-8-28-18(23-9)12-7-22-19(21)26-16(12)24-10(2)14-6-11-4-3-5-13(20)15(11)17(27)25-14/h3-8,10H,1-2H3,(H,25,27)(H3,21,22,24,26)/t10-/m0/s1. The van der Waals surface area contributed by atoms with Gasteiger partial charge in [-0.15, -0.1) is 11.3 Å². The van der Waals surface area contributed by atoms with E-state index in [2.05, 4.69) is 25.3 Å². The Labute approximate surface area is 169 Å². The summed E-state index contributed by atoms with van der Waals surface area (Å²) >= 11 is 7.67. The molecule has 0 radical (unpaired) electrons. The summed E-state index contributed by atoms with van der Waals surface area (Å²) in [5.74, 6) is 0.715. The number of aromatic amines is 1. The second-order valence-corrected chi connectivity index (χ2v) is 7.67. The molecular weight excluding hydrogens is 396 g/mol. The number of thiazole rings is 1. The Morgan fingerprint density at radius 2 is 2.14 bits per heavy atom. The number of nitrogen functional groups attached to an aromatic ring is 1. The Kier molecular flexibility index (Phi) is 4.74. The number of pyridine rings is 1. The molecule has 9 heteroatoms. The maximum absolute atomic E-state index is 12.5. The summed E-state index contributed by atoms with van der Waals surface area (Å²) in [7, 11) is 0. The van der Waals surface area contributed by atoms with Crippen LogP contribution in [0.2, 0.25) is 5.02 Å². The first kappa shape index (κ1) is 18.4. The van der Waals surface area contributed by atoms with Crippen molar-refractivity contribution in [2.45, 2.75) is 19.9 Å². The number of aromatic nitrogens is 4. The summed E-state index contributed by atoms with van der Waals surface area (Å²) in [6.45, 7) is 3.86. The number of anilines is 2. The molecule has 1 aromatic carbocycles. The zero-order valence-electron chi connectivity index (χ0n) is 15.2. The summed E-state index contributed by atoms with van der Waals surface area (Å²) in [6, 6.07) is 7.04. The number of rotatable bonds is 4. The molecule has 142 valence electrons. The average Bonchev–Trinajstić information content (AvgIpc) is 3.07. The van der Waals surface area contributed by atoms with Crippen molar-refractivity contribution >= 4 is 45.5 Å². The van der Waals surface area contributed by atoms with Gasteiger partial charge in [0.15, 0.2) is 0 Å². The molecule has 0 unspecified atom stereocenters. The minimum atomic E-state index is -0.245. The van der Waals surface area contributed by atoms with Crippen LogP contribution in [-0.4, -0.2) is 19.9 Å². The summed E-state index contributed by atoms with van der Waals surface area (Å²) in [5, 5.41) is 7.75. The van der Waals surface area contributed by atoms with E-state index in [4.69, 9.17) is 17.3 Å². The lowest BCUT2D eigenvalue weighted by Gasteiger charge is -2.17. The van der Waals surface area contributed by atoms with Gasteiger partial charge in [-0.25, -0.2) is 9.97 Å². The van der Waals surface area contributed by atoms with E-state index in [9.17, 15) is 4.79 Å². The normalized spacial score (nSPS) is 12.2. The van der Waals surface area contributed by atoms with Crippen molar-refractivity contribution in [1.29, 1.82) is 0 Å². The van der Waals surface area contributed by atoms with E-state index in [1.165, 1.54) is 11.3 Å². The lowest BCUT2D eigenvalue weighted by molar-refractivity contribution is 0.829. The van der Waals surface area contributed by atoms with Crippen LogP contribution in [0, 0.1) is 6.92 Å². The first-order valence-corrected chi connectivity index (χ1v) is 9.81. The highest BCUT2D eigenvalue weighted by molar-refractivity contribution is 7.13. The van der Waals surface area contributed by atoms with Crippen molar-refractivity contribution < 1.29 is 0 Å². The average molecular weight is 413 g/mol. The van der Waals surface area contributed by atoms with E-state index >= 15 is 0 Å². The van der Waals surface area contributed by atoms with Gasteiger partial charge in [0.25, 0.3) is 5.56 Å². The molecule has 4 aromatic rings. The van der Waals surface area contributed by atoms with Crippen LogP contribution in [0.25, 0.3) is 21.3 Å². The molecule has 0 saturated heterocycles. The van der Waals surface area contributed by atoms with Gasteiger partial charge in [-0.2, -0.15) is 4.98 Å². The zero-order valence-corrected chi connectivity index (χ0v) is 16.7. The monoisotopic (exact) mass is 412 g/mol. The van der Waals surface area contributed by atoms with Gasteiger partial charge in [0.2, 0.25) is 5.95 Å². The van der Waals surface area contributed by atoms with E-state index in [0.717, 1.165) is 21.7 Å². The molecule has 0 amide bonds. The van der Waals surface area contributed by atoms with Crippen LogP contribution in [0.4, 0.5) is 11.8 Å². The van der Waals surface area contributed by atoms with Crippen LogP contribution in [0.5, 0.6) is 0 Å². The van der Waals surface area contributed by atoms with Crippen LogP contribution in [0.3, 0.4) is 0 Å². The highest BCUT2D eigenvalue weighted by Crippen LogP contribution is 2.31. The van der Waals surface area contributed by atoms with Crippen LogP contribution in [0.15, 0.2) is 40.6 Å². The van der Waals surface area contributed by atoms with Crippen LogP contribution in [-0.2, 0) is 0 Å². The molecule has 7 nitrogen and oxygen atoms in total. The molecule has 0 saturated carbocycles. The number of nitrogens with two attached hydrogens (primary N) is 1. The minimum Gasteiger partial charge on any atom is -0.368 e. The first-order valence-electron chi connectivity index (χ1n) is 8.55. The minimum absolute atomic E-state index is 0.158. The Hall–Kier alpha value is -2.97. The van der Waals surface area contributed by atoms with Crippen LogP contribution < -0.4 is 16.6 Å². The van der Waals surface area contributed by atoms with Crippen LogP contribution >= 0.6 is 22.9 Å². The predicted molar refractivity (Wildman–Crippen MR) is 114 cm³/mol. The number of benzene rings is 1. The second-order valence-electron chi connectivity index (χ2n) is 6.41. The van der Waals surface area contributed by atoms with Gasteiger partial charge >= 0.3 is 0 Å². The number of aryl methyl sites for hydroxylation is 1. The number of halogens is 1. The molecule has 4 rings (SSSR count). The summed E-state index contributed by atoms with van der Waals surface area (Å²) in [6.07, 6.45) is 1.65.